The molecule has 10 heteroatoms. The van der Waals surface area contributed by atoms with E-state index >= 15 is 0 Å². The van der Waals surface area contributed by atoms with E-state index in [1.165, 1.54) is 25.1 Å². The number of likely N-dealkylation sites (N-methyl/N-ethyl adjacent to an activating group) is 1. The minimum atomic E-state index is -3.79. The Kier molecular flexibility index (Phi) is 8.29. The predicted molar refractivity (Wildman–Crippen MR) is 121 cm³/mol. The molecular weight excluding hydrogens is 442 g/mol. The van der Waals surface area contributed by atoms with Crippen molar-refractivity contribution in [1.29, 1.82) is 0 Å². The van der Waals surface area contributed by atoms with Crippen molar-refractivity contribution in [2.45, 2.75) is 19.5 Å². The van der Waals surface area contributed by atoms with Gasteiger partial charge in [-0.05, 0) is 42.8 Å². The van der Waals surface area contributed by atoms with Crippen LogP contribution in [0.2, 0.25) is 5.02 Å². The van der Waals surface area contributed by atoms with Gasteiger partial charge in [-0.25, -0.2) is 8.42 Å². The minimum Gasteiger partial charge on any atom is -0.497 e. The van der Waals surface area contributed by atoms with Crippen molar-refractivity contribution < 1.29 is 22.7 Å². The van der Waals surface area contributed by atoms with Crippen molar-refractivity contribution in [3.63, 3.8) is 0 Å². The lowest BCUT2D eigenvalue weighted by Crippen LogP contribution is -2.50. The van der Waals surface area contributed by atoms with Gasteiger partial charge in [-0.15, -0.1) is 0 Å². The highest BCUT2D eigenvalue weighted by molar-refractivity contribution is 7.92. The van der Waals surface area contributed by atoms with Gasteiger partial charge < -0.3 is 15.0 Å². The largest absolute Gasteiger partial charge is 0.497 e. The molecule has 1 atom stereocenters. The number of methoxy groups -OCH3 is 1. The zero-order valence-corrected chi connectivity index (χ0v) is 19.4. The third kappa shape index (κ3) is 6.60. The molecule has 168 valence electrons. The van der Waals surface area contributed by atoms with Gasteiger partial charge in [-0.1, -0.05) is 29.8 Å². The summed E-state index contributed by atoms with van der Waals surface area (Å²) in [7, 11) is -0.786. The van der Waals surface area contributed by atoms with E-state index in [0.717, 1.165) is 16.1 Å². The number of amides is 2. The Hall–Kier alpha value is -2.78. The predicted octanol–water partition coefficient (Wildman–Crippen LogP) is 2.28. The molecule has 0 unspecified atom stereocenters. The van der Waals surface area contributed by atoms with Crippen LogP contribution >= 0.6 is 11.6 Å². The van der Waals surface area contributed by atoms with Gasteiger partial charge in [-0.3, -0.25) is 13.9 Å². The fourth-order valence-electron chi connectivity index (χ4n) is 3.00. The normalized spacial score (nSPS) is 12.0. The number of rotatable bonds is 9. The molecule has 0 aliphatic carbocycles. The minimum absolute atomic E-state index is 0.0950. The van der Waals surface area contributed by atoms with Gasteiger partial charge in [0.05, 0.1) is 19.1 Å². The average Bonchev–Trinajstić information content (AvgIpc) is 2.73. The second-order valence-corrected chi connectivity index (χ2v) is 9.26. The summed E-state index contributed by atoms with van der Waals surface area (Å²) >= 11 is 6.00. The van der Waals surface area contributed by atoms with Crippen LogP contribution in [0.3, 0.4) is 0 Å². The highest BCUT2D eigenvalue weighted by atomic mass is 35.5. The van der Waals surface area contributed by atoms with Crippen LogP contribution in [-0.2, 0) is 26.2 Å². The van der Waals surface area contributed by atoms with Crippen molar-refractivity contribution >= 4 is 39.1 Å². The maximum Gasteiger partial charge on any atom is 0.244 e. The van der Waals surface area contributed by atoms with Crippen LogP contribution in [0.1, 0.15) is 12.5 Å². The summed E-state index contributed by atoms with van der Waals surface area (Å²) in [6.45, 7) is 1.20. The van der Waals surface area contributed by atoms with Gasteiger partial charge in [0.15, 0.2) is 0 Å². The zero-order chi connectivity index (χ0) is 23.2. The Morgan fingerprint density at radius 2 is 1.84 bits per heavy atom. The van der Waals surface area contributed by atoms with E-state index in [2.05, 4.69) is 5.32 Å². The Morgan fingerprint density at radius 1 is 1.16 bits per heavy atom. The number of anilines is 1. The number of ether oxygens (including phenoxy) is 1. The fraction of sp³-hybridized carbons (Fsp3) is 0.333. The average molecular weight is 468 g/mol. The van der Waals surface area contributed by atoms with Gasteiger partial charge in [-0.2, -0.15) is 0 Å². The number of sulfonamides is 1. The van der Waals surface area contributed by atoms with E-state index in [-0.39, 0.29) is 18.1 Å². The van der Waals surface area contributed by atoms with E-state index in [1.54, 1.807) is 49.4 Å². The van der Waals surface area contributed by atoms with Crippen molar-refractivity contribution in [2.75, 3.05) is 31.3 Å². The molecule has 0 heterocycles. The van der Waals surface area contributed by atoms with Crippen molar-refractivity contribution in [2.24, 2.45) is 0 Å². The van der Waals surface area contributed by atoms with Gasteiger partial charge in [0.25, 0.3) is 0 Å². The number of hydrogen-bond donors (Lipinski definition) is 1. The molecule has 0 spiro atoms. The Morgan fingerprint density at radius 3 is 2.42 bits per heavy atom. The Labute approximate surface area is 187 Å². The van der Waals surface area contributed by atoms with E-state index in [4.69, 9.17) is 16.3 Å². The molecule has 0 fully saturated rings. The lowest BCUT2D eigenvalue weighted by atomic mass is 10.1. The summed E-state index contributed by atoms with van der Waals surface area (Å²) in [4.78, 5) is 26.9. The molecule has 0 radical (unpaired) electrons. The third-order valence-corrected chi connectivity index (χ3v) is 6.05. The Bertz CT molecular complexity index is 1040. The molecule has 0 saturated carbocycles. The van der Waals surface area contributed by atoms with E-state index in [0.29, 0.717) is 10.8 Å². The number of nitrogens with one attached hydrogen (secondary N) is 1. The molecular formula is C21H26ClN3O5S. The van der Waals surface area contributed by atoms with Gasteiger partial charge in [0.1, 0.15) is 18.3 Å². The first kappa shape index (κ1) is 24.5. The van der Waals surface area contributed by atoms with Crippen LogP contribution in [0.4, 0.5) is 5.69 Å². The van der Waals surface area contributed by atoms with Gasteiger partial charge >= 0.3 is 0 Å². The molecule has 0 bridgehead atoms. The van der Waals surface area contributed by atoms with Crippen LogP contribution < -0.4 is 14.4 Å². The zero-order valence-electron chi connectivity index (χ0n) is 17.8. The van der Waals surface area contributed by atoms with Gasteiger partial charge in [0, 0.05) is 18.6 Å². The maximum atomic E-state index is 13.3. The number of nitrogens with zero attached hydrogens (tertiary/aromatic N) is 2. The van der Waals surface area contributed by atoms with Crippen LogP contribution in [0.25, 0.3) is 0 Å². The second-order valence-electron chi connectivity index (χ2n) is 6.91. The number of carbonyl (C=O) groups is 2. The molecule has 8 nitrogen and oxygen atoms in total. The first-order valence-electron chi connectivity index (χ1n) is 9.44. The highest BCUT2D eigenvalue weighted by Gasteiger charge is 2.29. The molecule has 1 N–H and O–H groups in total. The van der Waals surface area contributed by atoms with Crippen LogP contribution in [-0.4, -0.2) is 58.1 Å². The first-order chi connectivity index (χ1) is 14.6. The first-order valence-corrected chi connectivity index (χ1v) is 11.7. The van der Waals surface area contributed by atoms with Crippen LogP contribution in [0, 0.1) is 0 Å². The standard InChI is InChI=1S/C21H26ClN3O5S/c1-15(21(27)23-2)24(13-16-7-5-10-19(11-16)30-3)20(26)14-25(31(4,28)29)18-9-6-8-17(22)12-18/h5-12,15H,13-14H2,1-4H3,(H,23,27)/t15-/m0/s1. The molecule has 0 aromatic heterocycles. The smallest absolute Gasteiger partial charge is 0.244 e. The topological polar surface area (TPSA) is 96.0 Å². The van der Waals surface area contributed by atoms with Crippen LogP contribution in [0.15, 0.2) is 48.5 Å². The number of carbonyl (C=O) groups excluding carboxylic acids is 2. The van der Waals surface area contributed by atoms with Crippen molar-refractivity contribution in [3.8, 4) is 5.75 Å². The summed E-state index contributed by atoms with van der Waals surface area (Å²) < 4.78 is 31.0. The van der Waals surface area contributed by atoms with Crippen LogP contribution in [0.5, 0.6) is 5.75 Å². The maximum absolute atomic E-state index is 13.3. The molecule has 2 aromatic rings. The summed E-state index contributed by atoms with van der Waals surface area (Å²) in [6, 6.07) is 12.5. The van der Waals surface area contributed by atoms with E-state index < -0.39 is 28.5 Å². The summed E-state index contributed by atoms with van der Waals surface area (Å²) in [5.41, 5.74) is 0.995. The fourth-order valence-corrected chi connectivity index (χ4v) is 4.03. The lowest BCUT2D eigenvalue weighted by Gasteiger charge is -2.31. The van der Waals surface area contributed by atoms with Crippen molar-refractivity contribution in [1.82, 2.24) is 10.2 Å². The molecule has 2 rings (SSSR count). The lowest BCUT2D eigenvalue weighted by molar-refractivity contribution is -0.139. The molecule has 0 saturated heterocycles. The summed E-state index contributed by atoms with van der Waals surface area (Å²) in [6.07, 6.45) is 1.01. The Balaban J connectivity index is 2.39. The number of hydrogen-bond acceptors (Lipinski definition) is 5. The molecule has 31 heavy (non-hydrogen) atoms. The molecule has 0 aliphatic heterocycles. The SMILES string of the molecule is CNC(=O)[C@H](C)N(Cc1cccc(OC)c1)C(=O)CN(c1cccc(Cl)c1)S(C)(=O)=O. The second kappa shape index (κ2) is 10.5. The number of benzene rings is 2. The quantitative estimate of drug-likeness (QED) is 0.610. The summed E-state index contributed by atoms with van der Waals surface area (Å²) in [5, 5.41) is 2.86. The van der Waals surface area contributed by atoms with Crippen molar-refractivity contribution in [3.05, 3.63) is 59.1 Å². The molecule has 2 amide bonds. The monoisotopic (exact) mass is 467 g/mol. The van der Waals surface area contributed by atoms with E-state index in [1.807, 2.05) is 0 Å². The highest BCUT2D eigenvalue weighted by Crippen LogP contribution is 2.23. The third-order valence-electron chi connectivity index (χ3n) is 4.68. The van der Waals surface area contributed by atoms with Gasteiger partial charge in [0.2, 0.25) is 21.8 Å². The molecule has 2 aromatic carbocycles. The summed E-state index contributed by atoms with van der Waals surface area (Å²) in [5.74, 6) is -0.302. The van der Waals surface area contributed by atoms with E-state index in [9.17, 15) is 18.0 Å². The molecule has 0 aliphatic rings. The number of halogens is 1.